The molecule has 1 aromatic carbocycles. The summed E-state index contributed by atoms with van der Waals surface area (Å²) in [5.41, 5.74) is 1.28. The Morgan fingerprint density at radius 3 is 2.66 bits per heavy atom. The van der Waals surface area contributed by atoms with Crippen molar-refractivity contribution in [1.29, 1.82) is 0 Å². The molecule has 1 aliphatic rings. The van der Waals surface area contributed by atoms with Crippen molar-refractivity contribution < 1.29 is 19.1 Å². The predicted molar refractivity (Wildman–Crippen MR) is 113 cm³/mol. The first-order valence-corrected chi connectivity index (χ1v) is 10.5. The van der Waals surface area contributed by atoms with Crippen LogP contribution in [0, 0.1) is 0 Å². The fourth-order valence-corrected chi connectivity index (χ4v) is 4.02. The van der Waals surface area contributed by atoms with Crippen molar-refractivity contribution in [2.75, 3.05) is 30.4 Å². The lowest BCUT2D eigenvalue weighted by Crippen LogP contribution is -2.43. The molecule has 0 bridgehead atoms. The molecule has 2 heterocycles. The van der Waals surface area contributed by atoms with Gasteiger partial charge < -0.3 is 15.0 Å². The summed E-state index contributed by atoms with van der Waals surface area (Å²) in [5, 5.41) is 4.83. The second kappa shape index (κ2) is 9.56. The number of thiophene rings is 1. The van der Waals surface area contributed by atoms with Crippen LogP contribution in [0.3, 0.4) is 0 Å². The quantitative estimate of drug-likeness (QED) is 0.783. The minimum absolute atomic E-state index is 0.0171. The van der Waals surface area contributed by atoms with Gasteiger partial charge in [-0.3, -0.25) is 14.5 Å². The maximum Gasteiger partial charge on any atom is 0.413 e. The number of ether oxygens (including phenoxy) is 1. The van der Waals surface area contributed by atoms with Crippen LogP contribution in [0.1, 0.15) is 24.6 Å². The normalized spacial score (nSPS) is 15.8. The van der Waals surface area contributed by atoms with Crippen molar-refractivity contribution in [1.82, 2.24) is 4.90 Å². The molecule has 29 heavy (non-hydrogen) atoms. The fraction of sp³-hybridized carbons (Fsp3) is 0.381. The largest absolute Gasteiger partial charge is 0.449 e. The zero-order valence-electron chi connectivity index (χ0n) is 16.6. The minimum atomic E-state index is -0.454. The lowest BCUT2D eigenvalue weighted by atomic mass is 10.2. The molecule has 1 aromatic heterocycles. The monoisotopic (exact) mass is 415 g/mol. The predicted octanol–water partition coefficient (Wildman–Crippen LogP) is 3.51. The van der Waals surface area contributed by atoms with E-state index < -0.39 is 12.1 Å². The second-order valence-corrected chi connectivity index (χ2v) is 7.83. The average Bonchev–Trinajstić information content (AvgIpc) is 3.40. The molecule has 1 atom stereocenters. The molecule has 0 saturated carbocycles. The molecule has 7 nitrogen and oxygen atoms in total. The lowest BCUT2D eigenvalue weighted by Gasteiger charge is -2.24. The summed E-state index contributed by atoms with van der Waals surface area (Å²) < 4.78 is 4.97. The molecule has 3 amide bonds. The molecule has 0 spiro atoms. The molecular formula is C21H25N3O4S. The van der Waals surface area contributed by atoms with Crippen LogP contribution < -0.4 is 10.2 Å². The van der Waals surface area contributed by atoms with E-state index in [1.807, 2.05) is 17.5 Å². The van der Waals surface area contributed by atoms with E-state index in [1.165, 1.54) is 4.90 Å². The third kappa shape index (κ3) is 5.14. The first-order chi connectivity index (χ1) is 14.0. The van der Waals surface area contributed by atoms with Gasteiger partial charge in [0.2, 0.25) is 11.8 Å². The third-order valence-corrected chi connectivity index (χ3v) is 5.72. The van der Waals surface area contributed by atoms with Crippen LogP contribution in [0.15, 0.2) is 41.8 Å². The number of anilines is 2. The van der Waals surface area contributed by atoms with Crippen LogP contribution in [0.25, 0.3) is 0 Å². The van der Waals surface area contributed by atoms with E-state index in [1.54, 1.807) is 54.5 Å². The Hall–Kier alpha value is -2.87. The second-order valence-electron chi connectivity index (χ2n) is 6.80. The van der Waals surface area contributed by atoms with Crippen LogP contribution in [0.5, 0.6) is 0 Å². The van der Waals surface area contributed by atoms with Gasteiger partial charge >= 0.3 is 6.09 Å². The van der Waals surface area contributed by atoms with Gasteiger partial charge in [-0.2, -0.15) is 0 Å². The molecule has 1 fully saturated rings. The molecule has 1 N–H and O–H groups in total. The highest BCUT2D eigenvalue weighted by Gasteiger charge is 2.34. The summed E-state index contributed by atoms with van der Waals surface area (Å²) in [6, 6.07) is 10.3. The molecule has 1 aliphatic heterocycles. The third-order valence-electron chi connectivity index (χ3n) is 4.85. The van der Waals surface area contributed by atoms with Crippen LogP contribution >= 0.6 is 11.3 Å². The van der Waals surface area contributed by atoms with E-state index in [9.17, 15) is 14.4 Å². The number of benzene rings is 1. The minimum Gasteiger partial charge on any atom is -0.449 e. The Morgan fingerprint density at radius 1 is 1.24 bits per heavy atom. The Kier molecular flexibility index (Phi) is 6.87. The first kappa shape index (κ1) is 20.9. The summed E-state index contributed by atoms with van der Waals surface area (Å²) in [4.78, 5) is 41.2. The zero-order valence-corrected chi connectivity index (χ0v) is 17.4. The van der Waals surface area contributed by atoms with E-state index in [-0.39, 0.29) is 11.8 Å². The SMILES string of the molecule is CCOC(=O)N(C)c1ccc(NC(=O)C2CCCN2C(=O)Cc2cccs2)cc1. The zero-order chi connectivity index (χ0) is 20.8. The Labute approximate surface area is 174 Å². The number of amides is 3. The number of rotatable bonds is 6. The van der Waals surface area contributed by atoms with Crippen molar-refractivity contribution in [2.45, 2.75) is 32.2 Å². The van der Waals surface area contributed by atoms with E-state index in [0.29, 0.717) is 37.4 Å². The van der Waals surface area contributed by atoms with E-state index >= 15 is 0 Å². The van der Waals surface area contributed by atoms with E-state index in [4.69, 9.17) is 4.74 Å². The van der Waals surface area contributed by atoms with Crippen molar-refractivity contribution >= 4 is 40.6 Å². The van der Waals surface area contributed by atoms with Gasteiger partial charge in [-0.05, 0) is 55.5 Å². The summed E-state index contributed by atoms with van der Waals surface area (Å²) in [6.45, 7) is 2.66. The molecule has 8 heteroatoms. The Morgan fingerprint density at radius 2 is 2.00 bits per heavy atom. The highest BCUT2D eigenvalue weighted by Crippen LogP contribution is 2.23. The fourth-order valence-electron chi connectivity index (χ4n) is 3.32. The van der Waals surface area contributed by atoms with Crippen molar-refractivity contribution in [3.05, 3.63) is 46.7 Å². The highest BCUT2D eigenvalue weighted by molar-refractivity contribution is 7.10. The number of hydrogen-bond donors (Lipinski definition) is 1. The topological polar surface area (TPSA) is 79.0 Å². The van der Waals surface area contributed by atoms with E-state index in [0.717, 1.165) is 11.3 Å². The summed E-state index contributed by atoms with van der Waals surface area (Å²) in [5.74, 6) is -0.204. The number of nitrogens with one attached hydrogen (secondary N) is 1. The van der Waals surface area contributed by atoms with Crippen molar-refractivity contribution in [2.24, 2.45) is 0 Å². The van der Waals surface area contributed by atoms with Crippen molar-refractivity contribution in [3.63, 3.8) is 0 Å². The van der Waals surface area contributed by atoms with Crippen LogP contribution in [0.4, 0.5) is 16.2 Å². The van der Waals surface area contributed by atoms with Gasteiger partial charge in [-0.1, -0.05) is 6.07 Å². The lowest BCUT2D eigenvalue weighted by molar-refractivity contribution is -0.136. The van der Waals surface area contributed by atoms with Crippen molar-refractivity contribution in [3.8, 4) is 0 Å². The van der Waals surface area contributed by atoms with Gasteiger partial charge in [0.15, 0.2) is 0 Å². The summed E-state index contributed by atoms with van der Waals surface area (Å²) in [7, 11) is 1.63. The summed E-state index contributed by atoms with van der Waals surface area (Å²) in [6.07, 6.45) is 1.37. The average molecular weight is 416 g/mol. The van der Waals surface area contributed by atoms with Gasteiger partial charge in [0.05, 0.1) is 13.0 Å². The number of carbonyl (C=O) groups excluding carboxylic acids is 3. The number of likely N-dealkylation sites (tertiary alicyclic amines) is 1. The van der Waals surface area contributed by atoms with Gasteiger partial charge in [-0.25, -0.2) is 4.79 Å². The smallest absolute Gasteiger partial charge is 0.413 e. The van der Waals surface area contributed by atoms with E-state index in [2.05, 4.69) is 5.32 Å². The molecule has 0 aliphatic carbocycles. The van der Waals surface area contributed by atoms with Crippen LogP contribution in [-0.4, -0.2) is 49.0 Å². The first-order valence-electron chi connectivity index (χ1n) is 9.63. The van der Waals surface area contributed by atoms with Gasteiger partial charge in [0.1, 0.15) is 6.04 Å². The Balaban J connectivity index is 1.60. The standard InChI is InChI=1S/C21H25N3O4S/c1-3-28-21(27)23(2)16-10-8-15(9-11-16)22-20(26)18-7-4-12-24(18)19(25)14-17-6-5-13-29-17/h5-6,8-11,13,18H,3-4,7,12,14H2,1-2H3,(H,22,26). The number of hydrogen-bond acceptors (Lipinski definition) is 5. The Bertz CT molecular complexity index is 851. The van der Waals surface area contributed by atoms with Gasteiger partial charge in [0, 0.05) is 29.8 Å². The summed E-state index contributed by atoms with van der Waals surface area (Å²) >= 11 is 1.55. The molecule has 0 radical (unpaired) electrons. The molecule has 1 unspecified atom stereocenters. The van der Waals surface area contributed by atoms with Gasteiger partial charge in [0.25, 0.3) is 0 Å². The molecule has 154 valence electrons. The van der Waals surface area contributed by atoms with Crippen LogP contribution in [-0.2, 0) is 20.7 Å². The number of nitrogens with zero attached hydrogens (tertiary/aromatic N) is 2. The maximum atomic E-state index is 12.8. The molecular weight excluding hydrogens is 390 g/mol. The molecule has 2 aromatic rings. The van der Waals surface area contributed by atoms with Gasteiger partial charge in [-0.15, -0.1) is 11.3 Å². The maximum absolute atomic E-state index is 12.8. The van der Waals surface area contributed by atoms with Crippen LogP contribution in [0.2, 0.25) is 0 Å². The number of carbonyl (C=O) groups is 3. The molecule has 3 rings (SSSR count). The highest BCUT2D eigenvalue weighted by atomic mass is 32.1. The molecule has 1 saturated heterocycles.